The number of carbonyl (C=O) groups excluding carboxylic acids is 2. The van der Waals surface area contributed by atoms with Crippen LogP contribution in [0.5, 0.6) is 5.75 Å². The molecule has 1 saturated heterocycles. The fourth-order valence-corrected chi connectivity index (χ4v) is 4.67. The summed E-state index contributed by atoms with van der Waals surface area (Å²) in [6.07, 6.45) is 0. The number of nitrogens with one attached hydrogen (secondary N) is 1. The quantitative estimate of drug-likeness (QED) is 0.431. The number of rotatable bonds is 6. The lowest BCUT2D eigenvalue weighted by atomic mass is 9.94. The second-order valence-electron chi connectivity index (χ2n) is 7.10. The van der Waals surface area contributed by atoms with Gasteiger partial charge in [-0.1, -0.05) is 28.1 Å². The second kappa shape index (κ2) is 9.80. The highest BCUT2D eigenvalue weighted by molar-refractivity contribution is 9.10. The van der Waals surface area contributed by atoms with Gasteiger partial charge in [0.05, 0.1) is 36.7 Å². The SMILES string of the molecule is CCOC(=O)C1=C(C)N=C2SC(=NNc3ccc(Br)cc3)C(=O)N2C1c1ccc(OC)cc1. The van der Waals surface area contributed by atoms with Crippen LogP contribution in [0.3, 0.4) is 0 Å². The molecule has 0 bridgehead atoms. The van der Waals surface area contributed by atoms with Crippen LogP contribution in [0.15, 0.2) is 74.4 Å². The van der Waals surface area contributed by atoms with E-state index in [0.717, 1.165) is 27.5 Å². The molecule has 1 fully saturated rings. The summed E-state index contributed by atoms with van der Waals surface area (Å²) in [5, 5.41) is 4.99. The van der Waals surface area contributed by atoms with Crippen molar-refractivity contribution < 1.29 is 19.1 Å². The number of amidine groups is 1. The maximum Gasteiger partial charge on any atom is 0.338 e. The first kappa shape index (κ1) is 23.1. The molecule has 33 heavy (non-hydrogen) atoms. The number of thioether (sulfide) groups is 1. The van der Waals surface area contributed by atoms with Crippen LogP contribution < -0.4 is 10.2 Å². The van der Waals surface area contributed by atoms with Gasteiger partial charge in [0.1, 0.15) is 5.75 Å². The molecule has 2 aliphatic rings. The molecular weight excluding hydrogens is 508 g/mol. The Morgan fingerprint density at radius 2 is 1.91 bits per heavy atom. The summed E-state index contributed by atoms with van der Waals surface area (Å²) in [5.74, 6) is -0.182. The summed E-state index contributed by atoms with van der Waals surface area (Å²) in [5.41, 5.74) is 5.21. The number of fused-ring (bicyclic) bond motifs is 1. The molecule has 0 saturated carbocycles. The Morgan fingerprint density at radius 3 is 2.55 bits per heavy atom. The van der Waals surface area contributed by atoms with E-state index in [4.69, 9.17) is 9.47 Å². The van der Waals surface area contributed by atoms with Crippen LogP contribution in [0.2, 0.25) is 0 Å². The van der Waals surface area contributed by atoms with E-state index in [2.05, 4.69) is 31.4 Å². The zero-order valence-electron chi connectivity index (χ0n) is 18.2. The number of halogens is 1. The number of anilines is 1. The number of hydrazone groups is 1. The first-order valence-electron chi connectivity index (χ1n) is 10.1. The average molecular weight is 529 g/mol. The summed E-state index contributed by atoms with van der Waals surface area (Å²) < 4.78 is 11.5. The molecule has 170 valence electrons. The fourth-order valence-electron chi connectivity index (χ4n) is 3.48. The van der Waals surface area contributed by atoms with Gasteiger partial charge in [-0.15, -0.1) is 0 Å². The minimum absolute atomic E-state index is 0.216. The third-order valence-electron chi connectivity index (χ3n) is 5.04. The van der Waals surface area contributed by atoms with E-state index >= 15 is 0 Å². The first-order chi connectivity index (χ1) is 15.9. The third-order valence-corrected chi connectivity index (χ3v) is 6.50. The molecule has 1 amide bonds. The number of benzene rings is 2. The van der Waals surface area contributed by atoms with Crippen molar-refractivity contribution in [3.63, 3.8) is 0 Å². The molecule has 1 unspecified atom stereocenters. The van der Waals surface area contributed by atoms with E-state index in [0.29, 0.717) is 22.2 Å². The predicted molar refractivity (Wildman–Crippen MR) is 132 cm³/mol. The predicted octanol–water partition coefficient (Wildman–Crippen LogP) is 4.71. The number of aliphatic imine (C=N–C) groups is 1. The largest absolute Gasteiger partial charge is 0.497 e. The lowest BCUT2D eigenvalue weighted by molar-refractivity contribution is -0.139. The zero-order valence-corrected chi connectivity index (χ0v) is 20.6. The number of carbonyl (C=O) groups is 2. The molecule has 0 aromatic heterocycles. The summed E-state index contributed by atoms with van der Waals surface area (Å²) in [7, 11) is 1.58. The number of hydrogen-bond acceptors (Lipinski definition) is 8. The molecule has 8 nitrogen and oxygen atoms in total. The molecule has 2 heterocycles. The summed E-state index contributed by atoms with van der Waals surface area (Å²) in [4.78, 5) is 32.3. The van der Waals surface area contributed by atoms with Gasteiger partial charge in [-0.25, -0.2) is 9.79 Å². The summed E-state index contributed by atoms with van der Waals surface area (Å²) in [6.45, 7) is 3.70. The van der Waals surface area contributed by atoms with Gasteiger partial charge < -0.3 is 9.47 Å². The maximum absolute atomic E-state index is 13.4. The molecule has 0 spiro atoms. The lowest BCUT2D eigenvalue weighted by Gasteiger charge is -2.32. The Morgan fingerprint density at radius 1 is 1.21 bits per heavy atom. The van der Waals surface area contributed by atoms with E-state index in [1.807, 2.05) is 36.4 Å². The zero-order chi connectivity index (χ0) is 23.5. The van der Waals surface area contributed by atoms with Crippen molar-refractivity contribution in [3.8, 4) is 5.75 Å². The van der Waals surface area contributed by atoms with Gasteiger partial charge >= 0.3 is 5.97 Å². The van der Waals surface area contributed by atoms with Crippen LogP contribution in [0, 0.1) is 0 Å². The van der Waals surface area contributed by atoms with Crippen molar-refractivity contribution in [1.82, 2.24) is 4.90 Å². The number of allylic oxidation sites excluding steroid dienone is 1. The molecule has 2 aliphatic heterocycles. The van der Waals surface area contributed by atoms with E-state index in [1.165, 1.54) is 4.90 Å². The number of ether oxygens (including phenoxy) is 2. The van der Waals surface area contributed by atoms with Crippen molar-refractivity contribution in [1.29, 1.82) is 0 Å². The van der Waals surface area contributed by atoms with Crippen molar-refractivity contribution in [2.75, 3.05) is 19.1 Å². The standard InChI is InChI=1S/C23H21BrN4O4S/c1-4-32-22(30)18-13(2)25-23-28(19(18)14-5-11-17(31-3)12-6-14)21(29)20(33-23)27-26-16-9-7-15(24)8-10-16/h5-12,19,26H,4H2,1-3H3. The van der Waals surface area contributed by atoms with Crippen molar-refractivity contribution in [2.45, 2.75) is 19.9 Å². The van der Waals surface area contributed by atoms with Crippen LogP contribution in [0.4, 0.5) is 5.69 Å². The van der Waals surface area contributed by atoms with Crippen LogP contribution >= 0.6 is 27.7 Å². The first-order valence-corrected chi connectivity index (χ1v) is 11.7. The van der Waals surface area contributed by atoms with Crippen LogP contribution in [-0.4, -0.2) is 40.7 Å². The Balaban J connectivity index is 1.71. The smallest absolute Gasteiger partial charge is 0.338 e. The van der Waals surface area contributed by atoms with E-state index < -0.39 is 12.0 Å². The number of amides is 1. The molecule has 1 atom stereocenters. The maximum atomic E-state index is 13.4. The minimum Gasteiger partial charge on any atom is -0.497 e. The van der Waals surface area contributed by atoms with E-state index in [1.54, 1.807) is 33.1 Å². The topological polar surface area (TPSA) is 92.6 Å². The Kier molecular flexibility index (Phi) is 6.85. The highest BCUT2D eigenvalue weighted by Crippen LogP contribution is 2.42. The summed E-state index contributed by atoms with van der Waals surface area (Å²) >= 11 is 4.55. The molecule has 2 aromatic carbocycles. The summed E-state index contributed by atoms with van der Waals surface area (Å²) in [6, 6.07) is 14.0. The number of esters is 1. The fraction of sp³-hybridized carbons (Fsp3) is 0.217. The third kappa shape index (κ3) is 4.67. The van der Waals surface area contributed by atoms with Gasteiger partial charge in [0.25, 0.3) is 5.91 Å². The highest BCUT2D eigenvalue weighted by Gasteiger charge is 2.46. The Bertz CT molecular complexity index is 1180. The molecule has 0 radical (unpaired) electrons. The van der Waals surface area contributed by atoms with Crippen molar-refractivity contribution in [2.24, 2.45) is 10.1 Å². The second-order valence-corrected chi connectivity index (χ2v) is 8.97. The molecule has 2 aromatic rings. The van der Waals surface area contributed by atoms with E-state index in [-0.39, 0.29) is 17.6 Å². The Labute approximate surface area is 203 Å². The highest BCUT2D eigenvalue weighted by atomic mass is 79.9. The van der Waals surface area contributed by atoms with Gasteiger partial charge in [0, 0.05) is 4.47 Å². The number of nitrogens with zero attached hydrogens (tertiary/aromatic N) is 3. The van der Waals surface area contributed by atoms with Crippen molar-refractivity contribution >= 4 is 55.5 Å². The Hall–Kier alpha value is -3.11. The van der Waals surface area contributed by atoms with Gasteiger partial charge in [-0.05, 0) is 67.6 Å². The van der Waals surface area contributed by atoms with Crippen molar-refractivity contribution in [3.05, 3.63) is 69.8 Å². The van der Waals surface area contributed by atoms with Gasteiger partial charge in [-0.3, -0.25) is 15.1 Å². The van der Waals surface area contributed by atoms with Gasteiger partial charge in [0.2, 0.25) is 0 Å². The van der Waals surface area contributed by atoms with E-state index in [9.17, 15) is 9.59 Å². The molecule has 4 rings (SSSR count). The molecule has 0 aliphatic carbocycles. The average Bonchev–Trinajstić information content (AvgIpc) is 3.12. The molecule has 1 N–H and O–H groups in total. The van der Waals surface area contributed by atoms with Crippen LogP contribution in [-0.2, 0) is 14.3 Å². The molecule has 10 heteroatoms. The minimum atomic E-state index is -0.692. The number of methoxy groups -OCH3 is 1. The van der Waals surface area contributed by atoms with Gasteiger partial charge in [0.15, 0.2) is 10.2 Å². The van der Waals surface area contributed by atoms with Crippen LogP contribution in [0.1, 0.15) is 25.5 Å². The monoisotopic (exact) mass is 528 g/mol. The normalized spacial score (nSPS) is 18.8. The van der Waals surface area contributed by atoms with Gasteiger partial charge in [-0.2, -0.15) is 5.10 Å². The lowest BCUT2D eigenvalue weighted by Crippen LogP contribution is -2.40. The molecular formula is C23H21BrN4O4S. The van der Waals surface area contributed by atoms with Crippen LogP contribution in [0.25, 0.3) is 0 Å². The number of hydrogen-bond donors (Lipinski definition) is 1.